The number of benzene rings is 2. The Morgan fingerprint density at radius 2 is 1.96 bits per heavy atom. The molecular weight excluding hydrogens is 348 g/mol. The number of hydrogen-bond acceptors (Lipinski definition) is 8. The minimum Gasteiger partial charge on any atom is -0.449 e. The van der Waals surface area contributed by atoms with Crippen LogP contribution in [0.4, 0.5) is 0 Å². The van der Waals surface area contributed by atoms with E-state index in [0.717, 1.165) is 5.56 Å². The van der Waals surface area contributed by atoms with Crippen molar-refractivity contribution in [2.45, 2.75) is 13.0 Å². The second kappa shape index (κ2) is 7.16. The van der Waals surface area contributed by atoms with Crippen LogP contribution in [0.3, 0.4) is 0 Å². The van der Waals surface area contributed by atoms with E-state index in [1.165, 1.54) is 11.0 Å². The van der Waals surface area contributed by atoms with Crippen LogP contribution in [-0.2, 0) is 4.74 Å². The van der Waals surface area contributed by atoms with Crippen LogP contribution in [0.5, 0.6) is 0 Å². The summed E-state index contributed by atoms with van der Waals surface area (Å²) < 4.78 is 12.5. The third kappa shape index (κ3) is 3.56. The van der Waals surface area contributed by atoms with Gasteiger partial charge in [-0.25, -0.2) is 9.48 Å². The molecule has 0 saturated heterocycles. The maximum Gasteiger partial charge on any atom is 0.338 e. The molecule has 134 valence electrons. The van der Waals surface area contributed by atoms with Gasteiger partial charge in [0, 0.05) is 5.56 Å². The molecule has 27 heavy (non-hydrogen) atoms. The first-order valence-electron chi connectivity index (χ1n) is 8.14. The van der Waals surface area contributed by atoms with Crippen molar-refractivity contribution in [1.29, 1.82) is 0 Å². The Morgan fingerprint density at radius 3 is 2.74 bits per heavy atom. The molecule has 9 nitrogen and oxygen atoms in total. The van der Waals surface area contributed by atoms with Gasteiger partial charge in [-0.15, -0.1) is 15.3 Å². The van der Waals surface area contributed by atoms with Gasteiger partial charge in [-0.3, -0.25) is 0 Å². The fraction of sp³-hybridized carbons (Fsp3) is 0.111. The second-order valence-electron chi connectivity index (χ2n) is 5.66. The molecule has 2 aromatic carbocycles. The Bertz CT molecular complexity index is 1050. The largest absolute Gasteiger partial charge is 0.449 e. The summed E-state index contributed by atoms with van der Waals surface area (Å²) >= 11 is 0. The van der Waals surface area contributed by atoms with E-state index in [1.807, 2.05) is 30.3 Å². The molecule has 9 heteroatoms. The van der Waals surface area contributed by atoms with Gasteiger partial charge >= 0.3 is 5.97 Å². The second-order valence-corrected chi connectivity index (χ2v) is 5.66. The highest BCUT2D eigenvalue weighted by atomic mass is 16.6. The van der Waals surface area contributed by atoms with Crippen molar-refractivity contribution in [2.75, 3.05) is 0 Å². The molecule has 0 aliphatic carbocycles. The number of carbonyl (C=O) groups excluding carboxylic acids is 1. The van der Waals surface area contributed by atoms with E-state index in [4.69, 9.17) is 9.15 Å². The van der Waals surface area contributed by atoms with Crippen molar-refractivity contribution in [2.24, 2.45) is 0 Å². The van der Waals surface area contributed by atoms with Gasteiger partial charge in [0.15, 0.2) is 6.10 Å². The predicted octanol–water partition coefficient (Wildman–Crippen LogP) is 2.63. The van der Waals surface area contributed by atoms with Gasteiger partial charge < -0.3 is 9.15 Å². The third-order valence-corrected chi connectivity index (χ3v) is 3.79. The number of ether oxygens (including phenoxy) is 1. The molecule has 0 aliphatic rings. The molecule has 2 heterocycles. The van der Waals surface area contributed by atoms with Gasteiger partial charge in [0.05, 0.1) is 11.3 Å². The summed E-state index contributed by atoms with van der Waals surface area (Å²) in [7, 11) is 0. The van der Waals surface area contributed by atoms with Crippen molar-refractivity contribution in [3.63, 3.8) is 0 Å². The van der Waals surface area contributed by atoms with Crippen LogP contribution in [0, 0.1) is 0 Å². The predicted molar refractivity (Wildman–Crippen MR) is 92.7 cm³/mol. The van der Waals surface area contributed by atoms with Crippen molar-refractivity contribution in [3.05, 3.63) is 72.4 Å². The first kappa shape index (κ1) is 16.6. The molecule has 1 unspecified atom stereocenters. The van der Waals surface area contributed by atoms with E-state index in [0.29, 0.717) is 17.1 Å². The lowest BCUT2D eigenvalue weighted by Gasteiger charge is -2.10. The van der Waals surface area contributed by atoms with E-state index in [9.17, 15) is 4.79 Å². The van der Waals surface area contributed by atoms with E-state index < -0.39 is 12.1 Å². The van der Waals surface area contributed by atoms with E-state index >= 15 is 0 Å². The number of nitrogens with zero attached hydrogens (tertiary/aromatic N) is 6. The highest BCUT2D eigenvalue weighted by Crippen LogP contribution is 2.23. The van der Waals surface area contributed by atoms with Gasteiger partial charge in [-0.2, -0.15) is 0 Å². The zero-order valence-corrected chi connectivity index (χ0v) is 14.3. The van der Waals surface area contributed by atoms with Crippen LogP contribution in [-0.4, -0.2) is 36.4 Å². The fourth-order valence-electron chi connectivity index (χ4n) is 2.43. The molecule has 4 rings (SSSR count). The lowest BCUT2D eigenvalue weighted by atomic mass is 10.2. The highest BCUT2D eigenvalue weighted by molar-refractivity contribution is 5.90. The Kier molecular flexibility index (Phi) is 4.40. The number of carbonyl (C=O) groups is 1. The number of tetrazole rings is 1. The molecule has 0 radical (unpaired) electrons. The Balaban J connectivity index is 1.49. The van der Waals surface area contributed by atoms with Crippen LogP contribution in [0.2, 0.25) is 0 Å². The normalized spacial score (nSPS) is 11.9. The molecule has 0 amide bonds. The first-order chi connectivity index (χ1) is 13.2. The number of esters is 1. The maximum absolute atomic E-state index is 12.5. The zero-order valence-electron chi connectivity index (χ0n) is 14.3. The lowest BCUT2D eigenvalue weighted by Crippen LogP contribution is -2.10. The Labute approximate surface area is 153 Å². The summed E-state index contributed by atoms with van der Waals surface area (Å²) in [5.74, 6) is 0.0740. The summed E-state index contributed by atoms with van der Waals surface area (Å²) in [6.07, 6.45) is 0.746. The maximum atomic E-state index is 12.5. The third-order valence-electron chi connectivity index (χ3n) is 3.79. The van der Waals surface area contributed by atoms with Crippen molar-refractivity contribution in [3.8, 4) is 17.1 Å². The minimum absolute atomic E-state index is 0.221. The van der Waals surface area contributed by atoms with Gasteiger partial charge in [-0.1, -0.05) is 24.3 Å². The average molecular weight is 362 g/mol. The summed E-state index contributed by atoms with van der Waals surface area (Å²) in [4.78, 5) is 12.5. The molecule has 0 saturated carbocycles. The Hall–Kier alpha value is -3.88. The van der Waals surface area contributed by atoms with Gasteiger partial charge in [0.2, 0.25) is 5.89 Å². The summed E-state index contributed by atoms with van der Waals surface area (Å²) in [6.45, 7) is 1.67. The number of hydrogen-bond donors (Lipinski definition) is 0. The average Bonchev–Trinajstić information content (AvgIpc) is 3.41. The van der Waals surface area contributed by atoms with Crippen molar-refractivity contribution >= 4 is 5.97 Å². The Morgan fingerprint density at radius 1 is 1.11 bits per heavy atom. The van der Waals surface area contributed by atoms with Gasteiger partial charge in [-0.05, 0) is 47.7 Å². The van der Waals surface area contributed by atoms with Gasteiger partial charge in [0.25, 0.3) is 5.89 Å². The number of rotatable bonds is 5. The molecule has 0 N–H and O–H groups in total. The highest BCUT2D eigenvalue weighted by Gasteiger charge is 2.20. The van der Waals surface area contributed by atoms with Crippen LogP contribution >= 0.6 is 0 Å². The molecule has 0 fully saturated rings. The fourth-order valence-corrected chi connectivity index (χ4v) is 2.43. The quantitative estimate of drug-likeness (QED) is 0.498. The number of aromatic nitrogens is 6. The summed E-state index contributed by atoms with van der Waals surface area (Å²) in [6, 6.07) is 16.1. The van der Waals surface area contributed by atoms with Gasteiger partial charge in [0.1, 0.15) is 6.33 Å². The first-order valence-corrected chi connectivity index (χ1v) is 8.14. The SMILES string of the molecule is CC(OC(=O)c1cccc(-n2cnnn2)c1)c1nnc(-c2ccccc2)o1. The molecule has 2 aromatic heterocycles. The summed E-state index contributed by atoms with van der Waals surface area (Å²) in [5, 5.41) is 18.9. The monoisotopic (exact) mass is 362 g/mol. The molecular formula is C18H14N6O3. The topological polar surface area (TPSA) is 109 Å². The smallest absolute Gasteiger partial charge is 0.338 e. The van der Waals surface area contributed by atoms with Crippen molar-refractivity contribution in [1.82, 2.24) is 30.4 Å². The molecule has 0 spiro atoms. The van der Waals surface area contributed by atoms with E-state index in [2.05, 4.69) is 25.7 Å². The zero-order chi connectivity index (χ0) is 18.6. The lowest BCUT2D eigenvalue weighted by molar-refractivity contribution is 0.0280. The van der Waals surface area contributed by atoms with Crippen LogP contribution in [0.1, 0.15) is 29.3 Å². The van der Waals surface area contributed by atoms with Crippen LogP contribution in [0.25, 0.3) is 17.1 Å². The van der Waals surface area contributed by atoms with E-state index in [-0.39, 0.29) is 5.89 Å². The minimum atomic E-state index is -0.695. The molecule has 1 atom stereocenters. The van der Waals surface area contributed by atoms with Crippen LogP contribution in [0.15, 0.2) is 65.3 Å². The van der Waals surface area contributed by atoms with Crippen molar-refractivity contribution < 1.29 is 13.9 Å². The standard InChI is InChI=1S/C18H14N6O3/c1-12(16-20-21-17(27-16)13-6-3-2-4-7-13)26-18(25)14-8-5-9-15(10-14)24-11-19-22-23-24/h2-12H,1H3. The van der Waals surface area contributed by atoms with Crippen LogP contribution < -0.4 is 0 Å². The molecule has 0 aliphatic heterocycles. The van der Waals surface area contributed by atoms with E-state index in [1.54, 1.807) is 31.2 Å². The summed E-state index contributed by atoms with van der Waals surface area (Å²) in [5.41, 5.74) is 1.80. The molecule has 0 bridgehead atoms. The molecule has 4 aromatic rings.